The van der Waals surface area contributed by atoms with E-state index in [1.165, 1.54) is 7.11 Å². The van der Waals surface area contributed by atoms with Gasteiger partial charge < -0.3 is 14.9 Å². The number of rotatable bonds is 7. The molecule has 2 N–H and O–H groups in total. The van der Waals surface area contributed by atoms with Gasteiger partial charge in [-0.3, -0.25) is 0 Å². The first kappa shape index (κ1) is 19.3. The van der Waals surface area contributed by atoms with E-state index in [2.05, 4.69) is 0 Å². The van der Waals surface area contributed by atoms with Crippen molar-refractivity contribution in [3.63, 3.8) is 0 Å². The van der Waals surface area contributed by atoms with Crippen molar-refractivity contribution in [2.75, 3.05) is 13.0 Å². The molecule has 0 unspecified atom stereocenters. The molecule has 0 aliphatic heterocycles. The standard InChI is InChI=1S/C20H23ClO4/c1-3-7-15-16(12-22)14(10-11-21)17(13-8-5-4-6-9-13)18(19(15)23)20(24)25-2/h4-6,8-9,22-23H,3,7,10-12H2,1-2H3. The number of hydrogen-bond donors (Lipinski definition) is 2. The first-order chi connectivity index (χ1) is 12.1. The van der Waals surface area contributed by atoms with Crippen molar-refractivity contribution in [2.24, 2.45) is 0 Å². The number of phenols is 1. The first-order valence-electron chi connectivity index (χ1n) is 8.30. The molecule has 0 saturated carbocycles. The second-order valence-electron chi connectivity index (χ2n) is 5.74. The maximum Gasteiger partial charge on any atom is 0.342 e. The summed E-state index contributed by atoms with van der Waals surface area (Å²) in [4.78, 5) is 12.5. The zero-order valence-corrected chi connectivity index (χ0v) is 15.3. The third-order valence-electron chi connectivity index (χ3n) is 4.26. The average molecular weight is 363 g/mol. The Morgan fingerprint density at radius 3 is 2.32 bits per heavy atom. The minimum atomic E-state index is -0.603. The topological polar surface area (TPSA) is 66.8 Å². The van der Waals surface area contributed by atoms with Gasteiger partial charge in [0.25, 0.3) is 0 Å². The maximum atomic E-state index is 12.5. The van der Waals surface area contributed by atoms with E-state index < -0.39 is 5.97 Å². The van der Waals surface area contributed by atoms with Gasteiger partial charge in [0, 0.05) is 17.0 Å². The Labute approximate surface area is 153 Å². The summed E-state index contributed by atoms with van der Waals surface area (Å²) in [6, 6.07) is 9.31. The molecule has 4 nitrogen and oxygen atoms in total. The number of alkyl halides is 1. The number of aliphatic hydroxyl groups is 1. The normalized spacial score (nSPS) is 10.7. The van der Waals surface area contributed by atoms with E-state index in [9.17, 15) is 15.0 Å². The summed E-state index contributed by atoms with van der Waals surface area (Å²) >= 11 is 6.00. The van der Waals surface area contributed by atoms with Crippen LogP contribution in [-0.4, -0.2) is 29.2 Å². The summed E-state index contributed by atoms with van der Waals surface area (Å²) < 4.78 is 4.92. The van der Waals surface area contributed by atoms with Gasteiger partial charge in [0.15, 0.2) is 0 Å². The molecule has 0 aliphatic rings. The molecular formula is C20H23ClO4. The van der Waals surface area contributed by atoms with E-state index in [-0.39, 0.29) is 17.9 Å². The number of aromatic hydroxyl groups is 1. The SMILES string of the molecule is CCCc1c(O)c(C(=O)OC)c(-c2ccccc2)c(CCCl)c1CO. The van der Waals surface area contributed by atoms with Crippen LogP contribution >= 0.6 is 11.6 Å². The van der Waals surface area contributed by atoms with Crippen LogP contribution in [0.2, 0.25) is 0 Å². The highest BCUT2D eigenvalue weighted by molar-refractivity contribution is 6.18. The van der Waals surface area contributed by atoms with Crippen LogP contribution in [0.5, 0.6) is 5.75 Å². The second kappa shape index (κ2) is 8.88. The van der Waals surface area contributed by atoms with Crippen molar-refractivity contribution in [1.82, 2.24) is 0 Å². The van der Waals surface area contributed by atoms with Gasteiger partial charge in [0.2, 0.25) is 0 Å². The Morgan fingerprint density at radius 2 is 1.80 bits per heavy atom. The van der Waals surface area contributed by atoms with Gasteiger partial charge in [-0.05, 0) is 29.5 Å². The molecule has 0 aromatic heterocycles. The zero-order valence-electron chi connectivity index (χ0n) is 14.5. The Balaban J connectivity index is 2.94. The lowest BCUT2D eigenvalue weighted by Gasteiger charge is -2.22. The molecule has 0 bridgehead atoms. The molecule has 25 heavy (non-hydrogen) atoms. The fraction of sp³-hybridized carbons (Fsp3) is 0.350. The van der Waals surface area contributed by atoms with Gasteiger partial charge in [0.1, 0.15) is 11.3 Å². The smallest absolute Gasteiger partial charge is 0.342 e. The minimum Gasteiger partial charge on any atom is -0.507 e. The fourth-order valence-electron chi connectivity index (χ4n) is 3.20. The molecule has 0 atom stereocenters. The van der Waals surface area contributed by atoms with Crippen LogP contribution in [0.3, 0.4) is 0 Å². The number of ether oxygens (including phenoxy) is 1. The Kier molecular flexibility index (Phi) is 6.85. The number of carbonyl (C=O) groups excluding carboxylic acids is 1. The van der Waals surface area contributed by atoms with Crippen LogP contribution in [0, 0.1) is 0 Å². The van der Waals surface area contributed by atoms with Gasteiger partial charge in [-0.25, -0.2) is 4.79 Å². The third-order valence-corrected chi connectivity index (χ3v) is 4.45. The summed E-state index contributed by atoms with van der Waals surface area (Å²) in [5.41, 5.74) is 3.50. The van der Waals surface area contributed by atoms with Gasteiger partial charge in [-0.1, -0.05) is 43.7 Å². The van der Waals surface area contributed by atoms with Crippen molar-refractivity contribution in [3.8, 4) is 16.9 Å². The van der Waals surface area contributed by atoms with Crippen LogP contribution in [0.25, 0.3) is 11.1 Å². The quantitative estimate of drug-likeness (QED) is 0.575. The lowest BCUT2D eigenvalue weighted by atomic mass is 9.84. The van der Waals surface area contributed by atoms with Crippen LogP contribution in [0.4, 0.5) is 0 Å². The molecule has 0 saturated heterocycles. The number of aliphatic hydroxyl groups excluding tert-OH is 1. The Morgan fingerprint density at radius 1 is 1.12 bits per heavy atom. The fourth-order valence-corrected chi connectivity index (χ4v) is 3.39. The zero-order chi connectivity index (χ0) is 18.4. The number of esters is 1. The third kappa shape index (κ3) is 3.80. The monoisotopic (exact) mass is 362 g/mol. The molecule has 0 heterocycles. The van der Waals surface area contributed by atoms with E-state index in [0.717, 1.165) is 17.5 Å². The van der Waals surface area contributed by atoms with E-state index in [0.29, 0.717) is 35.4 Å². The number of halogens is 1. The van der Waals surface area contributed by atoms with Crippen molar-refractivity contribution < 1.29 is 19.7 Å². The number of hydrogen-bond acceptors (Lipinski definition) is 4. The second-order valence-corrected chi connectivity index (χ2v) is 6.12. The highest BCUT2D eigenvalue weighted by Gasteiger charge is 2.27. The van der Waals surface area contributed by atoms with Gasteiger partial charge >= 0.3 is 5.97 Å². The van der Waals surface area contributed by atoms with Crippen molar-refractivity contribution in [3.05, 3.63) is 52.6 Å². The van der Waals surface area contributed by atoms with Crippen LogP contribution < -0.4 is 0 Å². The molecule has 2 aromatic carbocycles. The van der Waals surface area contributed by atoms with Crippen molar-refractivity contribution in [1.29, 1.82) is 0 Å². The van der Waals surface area contributed by atoms with Crippen LogP contribution in [0.15, 0.2) is 30.3 Å². The molecule has 0 fully saturated rings. The van der Waals surface area contributed by atoms with E-state index in [1.54, 1.807) is 0 Å². The summed E-state index contributed by atoms with van der Waals surface area (Å²) in [6.07, 6.45) is 1.80. The maximum absolute atomic E-state index is 12.5. The predicted octanol–water partition coefficient (Wildman–Crippen LogP) is 4.07. The Bertz CT molecular complexity index is 741. The Hall–Kier alpha value is -2.04. The minimum absolute atomic E-state index is 0.116. The van der Waals surface area contributed by atoms with E-state index >= 15 is 0 Å². The number of benzene rings is 2. The lowest BCUT2D eigenvalue weighted by Crippen LogP contribution is -2.13. The molecule has 0 spiro atoms. The molecule has 2 aromatic rings. The molecular weight excluding hydrogens is 340 g/mol. The molecule has 0 radical (unpaired) electrons. The highest BCUT2D eigenvalue weighted by Crippen LogP contribution is 2.41. The van der Waals surface area contributed by atoms with Gasteiger partial charge in [0.05, 0.1) is 13.7 Å². The van der Waals surface area contributed by atoms with Crippen LogP contribution in [-0.2, 0) is 24.2 Å². The summed E-state index contributed by atoms with van der Waals surface area (Å²) in [7, 11) is 1.29. The van der Waals surface area contributed by atoms with E-state index in [4.69, 9.17) is 16.3 Å². The largest absolute Gasteiger partial charge is 0.507 e. The number of phenolic OH excluding ortho intramolecular Hbond substituents is 1. The molecule has 0 amide bonds. The van der Waals surface area contributed by atoms with Gasteiger partial charge in [-0.2, -0.15) is 0 Å². The lowest BCUT2D eigenvalue weighted by molar-refractivity contribution is 0.0598. The molecule has 0 aliphatic carbocycles. The predicted molar refractivity (Wildman–Crippen MR) is 99.2 cm³/mol. The van der Waals surface area contributed by atoms with Crippen molar-refractivity contribution in [2.45, 2.75) is 32.8 Å². The summed E-state index contributed by atoms with van der Waals surface area (Å²) in [5.74, 6) is -0.381. The number of methoxy groups -OCH3 is 1. The van der Waals surface area contributed by atoms with Crippen LogP contribution in [0.1, 0.15) is 40.4 Å². The molecule has 5 heteroatoms. The summed E-state index contributed by atoms with van der Waals surface area (Å²) in [6.45, 7) is 1.75. The highest BCUT2D eigenvalue weighted by atomic mass is 35.5. The first-order valence-corrected chi connectivity index (χ1v) is 8.84. The summed E-state index contributed by atoms with van der Waals surface area (Å²) in [5, 5.41) is 20.8. The average Bonchev–Trinajstić information content (AvgIpc) is 2.64. The van der Waals surface area contributed by atoms with Gasteiger partial charge in [-0.15, -0.1) is 11.6 Å². The number of carbonyl (C=O) groups is 1. The molecule has 2 rings (SSSR count). The van der Waals surface area contributed by atoms with E-state index in [1.807, 2.05) is 37.3 Å². The molecule has 134 valence electrons. The van der Waals surface area contributed by atoms with Crippen molar-refractivity contribution >= 4 is 17.6 Å².